The van der Waals surface area contributed by atoms with E-state index in [4.69, 9.17) is 9.47 Å². The van der Waals surface area contributed by atoms with Crippen LogP contribution >= 0.6 is 0 Å². The van der Waals surface area contributed by atoms with Crippen molar-refractivity contribution in [3.05, 3.63) is 48.0 Å². The van der Waals surface area contributed by atoms with Gasteiger partial charge in [-0.25, -0.2) is 0 Å². The maximum atomic E-state index is 6.53. The highest BCUT2D eigenvalue weighted by Crippen LogP contribution is 2.51. The normalized spacial score (nSPS) is 14.5. The van der Waals surface area contributed by atoms with E-state index in [2.05, 4.69) is 77.1 Å². The molecule has 1 rings (SSSR count). The molecule has 0 aromatic heterocycles. The Bertz CT molecular complexity index is 516. The summed E-state index contributed by atoms with van der Waals surface area (Å²) in [5.74, 6) is -0.735. The molecule has 1 aromatic rings. The van der Waals surface area contributed by atoms with E-state index in [0.29, 0.717) is 13.2 Å². The number of benzene rings is 1. The molecule has 2 nitrogen and oxygen atoms in total. The summed E-state index contributed by atoms with van der Waals surface area (Å²) in [6.07, 6.45) is 15.6. The molecular formula is C26H44O2. The second kappa shape index (κ2) is 14.0. The summed E-state index contributed by atoms with van der Waals surface area (Å²) in [6, 6.07) is 10.6. The van der Waals surface area contributed by atoms with Crippen LogP contribution in [0.5, 0.6) is 0 Å². The molecule has 1 unspecified atom stereocenters. The van der Waals surface area contributed by atoms with Gasteiger partial charge in [-0.05, 0) is 33.1 Å². The average Bonchev–Trinajstić information content (AvgIpc) is 2.73. The van der Waals surface area contributed by atoms with Gasteiger partial charge in [0.25, 0.3) is 0 Å². The van der Waals surface area contributed by atoms with Gasteiger partial charge in [0, 0.05) is 24.2 Å². The standard InChI is InChI=1S/C26H44O2/c1-6-11-13-14-15-19-23-25(8-3,22-12-7-2)26(27-9-4,28-10-5)24-20-17-16-18-21-24/h12,16-18,20-22H,6-11,13-15,19,23H2,1-5H3. The zero-order valence-electron chi connectivity index (χ0n) is 19.1. The lowest BCUT2D eigenvalue weighted by atomic mass is 9.69. The van der Waals surface area contributed by atoms with E-state index in [1.807, 2.05) is 0 Å². The van der Waals surface area contributed by atoms with Crippen LogP contribution in [0.25, 0.3) is 0 Å². The molecule has 0 saturated carbocycles. The topological polar surface area (TPSA) is 18.5 Å². The van der Waals surface area contributed by atoms with Crippen molar-refractivity contribution in [2.75, 3.05) is 13.2 Å². The number of hydrogen-bond acceptors (Lipinski definition) is 2. The summed E-state index contributed by atoms with van der Waals surface area (Å²) < 4.78 is 13.1. The molecule has 28 heavy (non-hydrogen) atoms. The predicted octanol–water partition coefficient (Wildman–Crippen LogP) is 8.03. The molecule has 0 amide bonds. The minimum absolute atomic E-state index is 0.166. The van der Waals surface area contributed by atoms with Crippen LogP contribution in [0.3, 0.4) is 0 Å². The van der Waals surface area contributed by atoms with E-state index in [9.17, 15) is 0 Å². The Morgan fingerprint density at radius 3 is 1.93 bits per heavy atom. The smallest absolute Gasteiger partial charge is 0.204 e. The van der Waals surface area contributed by atoms with E-state index >= 15 is 0 Å². The number of allylic oxidation sites excluding steroid dienone is 1. The molecule has 0 N–H and O–H groups in total. The number of rotatable bonds is 16. The van der Waals surface area contributed by atoms with Crippen LogP contribution in [0.2, 0.25) is 0 Å². The van der Waals surface area contributed by atoms with Crippen molar-refractivity contribution < 1.29 is 9.47 Å². The fourth-order valence-corrected chi connectivity index (χ4v) is 4.30. The Morgan fingerprint density at radius 2 is 1.39 bits per heavy atom. The van der Waals surface area contributed by atoms with Crippen LogP contribution in [0, 0.1) is 5.41 Å². The van der Waals surface area contributed by atoms with Gasteiger partial charge in [0.15, 0.2) is 0 Å². The first-order chi connectivity index (χ1) is 13.7. The third-order valence-corrected chi connectivity index (χ3v) is 5.78. The highest BCUT2D eigenvalue weighted by Gasteiger charge is 2.51. The van der Waals surface area contributed by atoms with Gasteiger partial charge < -0.3 is 9.47 Å². The number of unbranched alkanes of at least 4 members (excludes halogenated alkanes) is 5. The lowest BCUT2D eigenvalue weighted by molar-refractivity contribution is -0.299. The Hall–Kier alpha value is -1.12. The minimum atomic E-state index is -0.735. The van der Waals surface area contributed by atoms with Gasteiger partial charge in [0.05, 0.1) is 0 Å². The SMILES string of the molecule is CCC=CC(CC)(CCCCCCCC)C(OCC)(OCC)c1ccccc1. The molecular weight excluding hydrogens is 344 g/mol. The zero-order chi connectivity index (χ0) is 20.7. The number of ether oxygens (including phenoxy) is 2. The first kappa shape index (κ1) is 24.9. The summed E-state index contributed by atoms with van der Waals surface area (Å²) in [5, 5.41) is 0. The van der Waals surface area contributed by atoms with Crippen molar-refractivity contribution in [2.45, 2.75) is 98.2 Å². The van der Waals surface area contributed by atoms with Crippen LogP contribution < -0.4 is 0 Å². The third-order valence-electron chi connectivity index (χ3n) is 5.78. The second-order valence-corrected chi connectivity index (χ2v) is 7.69. The van der Waals surface area contributed by atoms with E-state index < -0.39 is 5.79 Å². The monoisotopic (exact) mass is 388 g/mol. The van der Waals surface area contributed by atoms with Crippen molar-refractivity contribution in [3.8, 4) is 0 Å². The van der Waals surface area contributed by atoms with Crippen LogP contribution in [-0.4, -0.2) is 13.2 Å². The molecule has 1 atom stereocenters. The minimum Gasteiger partial charge on any atom is -0.345 e. The fourth-order valence-electron chi connectivity index (χ4n) is 4.30. The molecule has 0 bridgehead atoms. The largest absolute Gasteiger partial charge is 0.345 e. The zero-order valence-corrected chi connectivity index (χ0v) is 19.1. The maximum absolute atomic E-state index is 6.53. The molecule has 0 heterocycles. The summed E-state index contributed by atoms with van der Waals surface area (Å²) in [4.78, 5) is 0. The Balaban J connectivity index is 3.27. The molecule has 0 aliphatic carbocycles. The Kier molecular flexibility index (Phi) is 12.4. The van der Waals surface area contributed by atoms with Gasteiger partial charge in [-0.15, -0.1) is 0 Å². The lowest BCUT2D eigenvalue weighted by Gasteiger charge is -2.48. The van der Waals surface area contributed by atoms with Crippen molar-refractivity contribution in [2.24, 2.45) is 5.41 Å². The van der Waals surface area contributed by atoms with Gasteiger partial charge in [-0.1, -0.05) is 102 Å². The van der Waals surface area contributed by atoms with Crippen molar-refractivity contribution >= 4 is 0 Å². The van der Waals surface area contributed by atoms with Gasteiger partial charge in [-0.3, -0.25) is 0 Å². The highest BCUT2D eigenvalue weighted by atomic mass is 16.7. The molecule has 0 spiro atoms. The van der Waals surface area contributed by atoms with Crippen molar-refractivity contribution in [1.82, 2.24) is 0 Å². The molecule has 160 valence electrons. The van der Waals surface area contributed by atoms with Crippen LogP contribution in [0.15, 0.2) is 42.5 Å². The van der Waals surface area contributed by atoms with Crippen molar-refractivity contribution in [3.63, 3.8) is 0 Å². The highest BCUT2D eigenvalue weighted by molar-refractivity contribution is 5.26. The fraction of sp³-hybridized carbons (Fsp3) is 0.692. The molecule has 0 radical (unpaired) electrons. The summed E-state index contributed by atoms with van der Waals surface area (Å²) in [6.45, 7) is 12.2. The van der Waals surface area contributed by atoms with Gasteiger partial charge in [0.1, 0.15) is 0 Å². The molecule has 2 heteroatoms. The van der Waals surface area contributed by atoms with Gasteiger partial charge >= 0.3 is 0 Å². The van der Waals surface area contributed by atoms with Crippen LogP contribution in [0.4, 0.5) is 0 Å². The second-order valence-electron chi connectivity index (χ2n) is 7.69. The van der Waals surface area contributed by atoms with Crippen LogP contribution in [-0.2, 0) is 15.3 Å². The Labute approximate surface area is 174 Å². The third kappa shape index (κ3) is 6.46. The Morgan fingerprint density at radius 1 is 0.786 bits per heavy atom. The van der Waals surface area contributed by atoms with E-state index in [1.54, 1.807) is 0 Å². The lowest BCUT2D eigenvalue weighted by Crippen LogP contribution is -2.49. The number of hydrogen-bond donors (Lipinski definition) is 0. The summed E-state index contributed by atoms with van der Waals surface area (Å²) >= 11 is 0. The molecule has 0 aliphatic heterocycles. The van der Waals surface area contributed by atoms with Crippen molar-refractivity contribution in [1.29, 1.82) is 0 Å². The molecule has 1 aromatic carbocycles. The first-order valence-corrected chi connectivity index (χ1v) is 11.7. The maximum Gasteiger partial charge on any atom is 0.204 e. The van der Waals surface area contributed by atoms with Crippen LogP contribution in [0.1, 0.15) is 98.0 Å². The van der Waals surface area contributed by atoms with E-state index in [1.165, 1.54) is 38.5 Å². The molecule has 0 fully saturated rings. The predicted molar refractivity (Wildman–Crippen MR) is 122 cm³/mol. The average molecular weight is 389 g/mol. The summed E-state index contributed by atoms with van der Waals surface area (Å²) in [5.41, 5.74) is 0.966. The van der Waals surface area contributed by atoms with Gasteiger partial charge in [-0.2, -0.15) is 0 Å². The molecule has 0 saturated heterocycles. The molecule has 0 aliphatic rings. The van der Waals surface area contributed by atoms with Gasteiger partial charge in [0.2, 0.25) is 5.79 Å². The quantitative estimate of drug-likeness (QED) is 0.162. The first-order valence-electron chi connectivity index (χ1n) is 11.7. The van der Waals surface area contributed by atoms with E-state index in [-0.39, 0.29) is 5.41 Å². The summed E-state index contributed by atoms with van der Waals surface area (Å²) in [7, 11) is 0. The van der Waals surface area contributed by atoms with E-state index in [0.717, 1.165) is 24.8 Å².